The van der Waals surface area contributed by atoms with E-state index < -0.39 is 0 Å². The van der Waals surface area contributed by atoms with Gasteiger partial charge in [0.05, 0.1) is 13.7 Å². The first-order valence-corrected chi connectivity index (χ1v) is 9.75. The van der Waals surface area contributed by atoms with Gasteiger partial charge in [-0.05, 0) is 42.0 Å². The van der Waals surface area contributed by atoms with Gasteiger partial charge in [-0.1, -0.05) is 6.07 Å². The van der Waals surface area contributed by atoms with Gasteiger partial charge in [0.2, 0.25) is 0 Å². The van der Waals surface area contributed by atoms with Crippen molar-refractivity contribution in [2.45, 2.75) is 13.2 Å². The lowest BCUT2D eigenvalue weighted by Crippen LogP contribution is -2.52. The SMILES string of the molecule is CN=C(NCc1ccc(F)c(COC)c1)N1CCN(c2ccc(OC)cc2)CC1.I. The second-order valence-electron chi connectivity index (χ2n) is 6.93. The van der Waals surface area contributed by atoms with Gasteiger partial charge in [-0.25, -0.2) is 4.39 Å². The van der Waals surface area contributed by atoms with E-state index in [0.717, 1.165) is 43.5 Å². The molecule has 0 bridgehead atoms. The van der Waals surface area contributed by atoms with Crippen molar-refractivity contribution in [3.63, 3.8) is 0 Å². The number of methoxy groups -OCH3 is 2. The fourth-order valence-electron chi connectivity index (χ4n) is 3.49. The summed E-state index contributed by atoms with van der Waals surface area (Å²) in [6.07, 6.45) is 0. The summed E-state index contributed by atoms with van der Waals surface area (Å²) in [6.45, 7) is 4.45. The summed E-state index contributed by atoms with van der Waals surface area (Å²) in [7, 11) is 5.04. The second kappa shape index (κ2) is 11.9. The highest BCUT2D eigenvalue weighted by Gasteiger charge is 2.20. The predicted octanol–water partition coefficient (Wildman–Crippen LogP) is 3.50. The molecule has 1 N–H and O–H groups in total. The summed E-state index contributed by atoms with van der Waals surface area (Å²) < 4.78 is 24.1. The van der Waals surface area contributed by atoms with Crippen LogP contribution in [0.25, 0.3) is 0 Å². The Morgan fingerprint density at radius 2 is 1.77 bits per heavy atom. The number of nitrogens with one attached hydrogen (secondary N) is 1. The first kappa shape index (κ1) is 24.2. The van der Waals surface area contributed by atoms with Crippen LogP contribution < -0.4 is 15.0 Å². The van der Waals surface area contributed by atoms with Crippen molar-refractivity contribution in [1.82, 2.24) is 10.2 Å². The largest absolute Gasteiger partial charge is 0.497 e. The minimum Gasteiger partial charge on any atom is -0.497 e. The maximum Gasteiger partial charge on any atom is 0.194 e. The van der Waals surface area contributed by atoms with E-state index in [0.29, 0.717) is 12.1 Å². The Kier molecular flexibility index (Phi) is 9.64. The molecule has 0 atom stereocenters. The van der Waals surface area contributed by atoms with Gasteiger partial charge in [-0.2, -0.15) is 0 Å². The van der Waals surface area contributed by atoms with Crippen LogP contribution in [0.15, 0.2) is 47.5 Å². The highest BCUT2D eigenvalue weighted by molar-refractivity contribution is 14.0. The van der Waals surface area contributed by atoms with Gasteiger partial charge >= 0.3 is 0 Å². The van der Waals surface area contributed by atoms with Crippen LogP contribution in [-0.2, 0) is 17.9 Å². The number of rotatable bonds is 6. The molecular formula is C22H30FIN4O2. The number of hydrogen-bond acceptors (Lipinski definition) is 4. The fraction of sp³-hybridized carbons (Fsp3) is 0.409. The first-order chi connectivity index (χ1) is 14.1. The van der Waals surface area contributed by atoms with Crippen LogP contribution >= 0.6 is 24.0 Å². The van der Waals surface area contributed by atoms with Gasteiger partial charge in [-0.15, -0.1) is 24.0 Å². The van der Waals surface area contributed by atoms with E-state index in [2.05, 4.69) is 32.2 Å². The Balaban J connectivity index is 0.00000320. The zero-order chi connectivity index (χ0) is 20.6. The zero-order valence-electron chi connectivity index (χ0n) is 17.7. The fourth-order valence-corrected chi connectivity index (χ4v) is 3.49. The molecule has 1 heterocycles. The molecule has 1 aliphatic rings. The van der Waals surface area contributed by atoms with Crippen LogP contribution in [0.3, 0.4) is 0 Å². The molecule has 2 aromatic rings. The van der Waals surface area contributed by atoms with Crippen LogP contribution in [0.5, 0.6) is 5.75 Å². The molecule has 6 nitrogen and oxygen atoms in total. The van der Waals surface area contributed by atoms with Crippen molar-refractivity contribution in [1.29, 1.82) is 0 Å². The summed E-state index contributed by atoms with van der Waals surface area (Å²) in [5, 5.41) is 3.39. The van der Waals surface area contributed by atoms with Crippen LogP contribution in [0.2, 0.25) is 0 Å². The number of piperazine rings is 1. The summed E-state index contributed by atoms with van der Waals surface area (Å²) in [6, 6.07) is 13.3. The number of anilines is 1. The van der Waals surface area contributed by atoms with E-state index in [-0.39, 0.29) is 36.4 Å². The molecule has 0 unspecified atom stereocenters. The van der Waals surface area contributed by atoms with Crippen molar-refractivity contribution in [3.8, 4) is 5.75 Å². The lowest BCUT2D eigenvalue weighted by molar-refractivity contribution is 0.181. The number of aliphatic imine (C=N–C) groups is 1. The summed E-state index contributed by atoms with van der Waals surface area (Å²) in [4.78, 5) is 9.03. The van der Waals surface area contributed by atoms with Gasteiger partial charge in [0, 0.05) is 58.1 Å². The van der Waals surface area contributed by atoms with E-state index in [1.165, 1.54) is 11.8 Å². The van der Waals surface area contributed by atoms with E-state index >= 15 is 0 Å². The summed E-state index contributed by atoms with van der Waals surface area (Å²) in [5.41, 5.74) is 2.76. The minimum absolute atomic E-state index is 0. The Morgan fingerprint density at radius 1 is 1.07 bits per heavy atom. The lowest BCUT2D eigenvalue weighted by Gasteiger charge is -2.37. The second-order valence-corrected chi connectivity index (χ2v) is 6.93. The molecule has 8 heteroatoms. The van der Waals surface area contributed by atoms with Crippen molar-refractivity contribution >= 4 is 35.6 Å². The van der Waals surface area contributed by atoms with Crippen LogP contribution in [0, 0.1) is 5.82 Å². The number of benzene rings is 2. The Hall–Kier alpha value is -2.07. The molecule has 1 saturated heterocycles. The molecule has 0 spiro atoms. The molecule has 0 amide bonds. The Labute approximate surface area is 195 Å². The van der Waals surface area contributed by atoms with Crippen molar-refractivity contribution in [3.05, 3.63) is 59.4 Å². The standard InChI is InChI=1S/C22H29FN4O2.HI/c1-24-22(25-15-17-4-9-21(23)18(14-17)16-28-2)27-12-10-26(11-13-27)19-5-7-20(29-3)8-6-19;/h4-9,14H,10-13,15-16H2,1-3H3,(H,24,25);1H. The molecule has 30 heavy (non-hydrogen) atoms. The van der Waals surface area contributed by atoms with Crippen molar-refractivity contribution < 1.29 is 13.9 Å². The van der Waals surface area contributed by atoms with Gasteiger partial charge < -0.3 is 24.6 Å². The normalized spacial score (nSPS) is 14.3. The zero-order valence-corrected chi connectivity index (χ0v) is 20.1. The van der Waals surface area contributed by atoms with E-state index in [1.54, 1.807) is 27.3 Å². The maximum atomic E-state index is 13.8. The van der Waals surface area contributed by atoms with E-state index in [1.807, 2.05) is 18.2 Å². The van der Waals surface area contributed by atoms with Gasteiger partial charge in [0.1, 0.15) is 11.6 Å². The topological polar surface area (TPSA) is 49.3 Å². The molecule has 0 aliphatic carbocycles. The first-order valence-electron chi connectivity index (χ1n) is 9.75. The van der Waals surface area contributed by atoms with Gasteiger partial charge in [-0.3, -0.25) is 4.99 Å². The molecule has 2 aromatic carbocycles. The monoisotopic (exact) mass is 528 g/mol. The molecule has 0 saturated carbocycles. The molecule has 0 aromatic heterocycles. The summed E-state index contributed by atoms with van der Waals surface area (Å²) >= 11 is 0. The molecule has 1 aliphatic heterocycles. The molecule has 0 radical (unpaired) electrons. The third-order valence-electron chi connectivity index (χ3n) is 5.09. The Bertz CT molecular complexity index is 824. The number of hydrogen-bond donors (Lipinski definition) is 1. The lowest BCUT2D eigenvalue weighted by atomic mass is 10.1. The number of ether oxygens (including phenoxy) is 2. The number of halogens is 2. The predicted molar refractivity (Wildman–Crippen MR) is 130 cm³/mol. The van der Waals surface area contributed by atoms with Crippen LogP contribution in [0.4, 0.5) is 10.1 Å². The number of guanidine groups is 1. The van der Waals surface area contributed by atoms with Gasteiger partial charge in [0.25, 0.3) is 0 Å². The summed E-state index contributed by atoms with van der Waals surface area (Å²) in [5.74, 6) is 1.48. The average molecular weight is 528 g/mol. The minimum atomic E-state index is -0.241. The quantitative estimate of drug-likeness (QED) is 0.354. The third-order valence-corrected chi connectivity index (χ3v) is 5.09. The molecular weight excluding hydrogens is 498 g/mol. The van der Waals surface area contributed by atoms with Crippen LogP contribution in [0.1, 0.15) is 11.1 Å². The van der Waals surface area contributed by atoms with E-state index in [4.69, 9.17) is 9.47 Å². The third kappa shape index (κ3) is 6.21. The van der Waals surface area contributed by atoms with Crippen molar-refractivity contribution in [2.75, 3.05) is 52.3 Å². The van der Waals surface area contributed by atoms with Crippen LogP contribution in [-0.4, -0.2) is 58.3 Å². The highest BCUT2D eigenvalue weighted by Crippen LogP contribution is 2.20. The number of nitrogens with zero attached hydrogens (tertiary/aromatic N) is 3. The average Bonchev–Trinajstić information content (AvgIpc) is 2.77. The molecule has 164 valence electrons. The molecule has 3 rings (SSSR count). The van der Waals surface area contributed by atoms with Gasteiger partial charge in [0.15, 0.2) is 5.96 Å². The molecule has 1 fully saturated rings. The maximum absolute atomic E-state index is 13.8. The highest BCUT2D eigenvalue weighted by atomic mass is 127. The Morgan fingerprint density at radius 3 is 2.37 bits per heavy atom. The van der Waals surface area contributed by atoms with Crippen molar-refractivity contribution in [2.24, 2.45) is 4.99 Å². The van der Waals surface area contributed by atoms with E-state index in [9.17, 15) is 4.39 Å². The smallest absolute Gasteiger partial charge is 0.194 e.